The molecule has 1 amide bonds. The minimum atomic E-state index is 0.0433. The molecular weight excluding hydrogens is 390 g/mol. The number of anilines is 3. The number of carbonyl (C=O) groups excluding carboxylic acids is 1. The van der Waals surface area contributed by atoms with Crippen LogP contribution in [0.4, 0.5) is 17.2 Å². The summed E-state index contributed by atoms with van der Waals surface area (Å²) in [5.74, 6) is 1.89. The molecule has 1 aromatic heterocycles. The van der Waals surface area contributed by atoms with E-state index in [0.717, 1.165) is 60.0 Å². The number of fused-ring (bicyclic) bond motifs is 1. The fourth-order valence-electron chi connectivity index (χ4n) is 4.11. The van der Waals surface area contributed by atoms with Gasteiger partial charge in [-0.2, -0.15) is 0 Å². The van der Waals surface area contributed by atoms with Gasteiger partial charge in [0.05, 0.1) is 64.8 Å². The number of methoxy groups -OCH3 is 1. The van der Waals surface area contributed by atoms with E-state index in [1.54, 1.807) is 7.11 Å². The Labute approximate surface area is 183 Å². The number of H-pyrrole nitrogens is 1. The van der Waals surface area contributed by atoms with Crippen LogP contribution < -0.4 is 29.7 Å². The molecule has 3 N–H and O–H groups in total. The number of hydrogen-bond donors (Lipinski definition) is 2. The fraction of sp³-hybridized carbons (Fsp3) is 0.333. The van der Waals surface area contributed by atoms with Crippen molar-refractivity contribution in [3.05, 3.63) is 54.6 Å². The lowest BCUT2D eigenvalue weighted by molar-refractivity contribution is -0.892. The number of quaternary nitrogens is 1. The Hall–Kier alpha value is -3.32. The van der Waals surface area contributed by atoms with Gasteiger partial charge in [0.25, 0.3) is 11.7 Å². The van der Waals surface area contributed by atoms with E-state index in [1.807, 2.05) is 67.5 Å². The molecule has 1 fully saturated rings. The minimum Gasteiger partial charge on any atom is -0.495 e. The molecule has 0 spiro atoms. The Morgan fingerprint density at radius 1 is 1.13 bits per heavy atom. The number of hydrogen-bond acceptors (Lipinski definition) is 4. The lowest BCUT2D eigenvalue weighted by Gasteiger charge is -2.34. The molecule has 31 heavy (non-hydrogen) atoms. The molecule has 162 valence electrons. The molecule has 0 radical (unpaired) electrons. The Kier molecular flexibility index (Phi) is 6.23. The zero-order valence-corrected chi connectivity index (χ0v) is 18.4. The van der Waals surface area contributed by atoms with Gasteiger partial charge in [-0.1, -0.05) is 24.3 Å². The number of aromatic amines is 1. The molecule has 7 nitrogen and oxygen atoms in total. The second kappa shape index (κ2) is 9.22. The Bertz CT molecular complexity index is 1060. The van der Waals surface area contributed by atoms with Crippen molar-refractivity contribution in [2.45, 2.75) is 0 Å². The van der Waals surface area contributed by atoms with Gasteiger partial charge in [0, 0.05) is 5.39 Å². The smallest absolute Gasteiger partial charge is 0.279 e. The zero-order valence-electron chi connectivity index (χ0n) is 18.4. The largest absolute Gasteiger partial charge is 0.495 e. The highest BCUT2D eigenvalue weighted by Crippen LogP contribution is 2.27. The van der Waals surface area contributed by atoms with Crippen molar-refractivity contribution in [3.8, 4) is 5.75 Å². The predicted molar refractivity (Wildman–Crippen MR) is 124 cm³/mol. The maximum absolute atomic E-state index is 12.9. The molecule has 0 atom stereocenters. The summed E-state index contributed by atoms with van der Waals surface area (Å²) in [6, 6.07) is 18.1. The van der Waals surface area contributed by atoms with E-state index in [4.69, 9.17) is 4.74 Å². The average Bonchev–Trinajstić information content (AvgIpc) is 2.79. The number of ether oxygens (including phenoxy) is 1. The van der Waals surface area contributed by atoms with E-state index in [-0.39, 0.29) is 5.91 Å². The first-order valence-corrected chi connectivity index (χ1v) is 10.7. The molecule has 2 aromatic carbocycles. The lowest BCUT2D eigenvalue weighted by atomic mass is 10.1. The number of rotatable bonds is 6. The predicted octanol–water partition coefficient (Wildman–Crippen LogP) is 1.07. The number of benzene rings is 2. The minimum absolute atomic E-state index is 0.0433. The number of pyridine rings is 1. The Balaban J connectivity index is 1.40. The molecule has 3 aromatic rings. The molecule has 7 heteroatoms. The number of carbonyl (C=O) groups is 1. The summed E-state index contributed by atoms with van der Waals surface area (Å²) in [6.45, 7) is 4.09. The lowest BCUT2D eigenvalue weighted by Crippen LogP contribution is -3.15. The topological polar surface area (TPSA) is 63.4 Å². The van der Waals surface area contributed by atoms with Crippen molar-refractivity contribution in [2.24, 2.45) is 0 Å². The van der Waals surface area contributed by atoms with Crippen LogP contribution in [0.2, 0.25) is 0 Å². The van der Waals surface area contributed by atoms with Crippen LogP contribution in [0.3, 0.4) is 0 Å². The van der Waals surface area contributed by atoms with Crippen molar-refractivity contribution >= 4 is 34.0 Å². The van der Waals surface area contributed by atoms with Crippen molar-refractivity contribution < 1.29 is 19.4 Å². The number of amides is 1. The molecule has 0 saturated carbocycles. The summed E-state index contributed by atoms with van der Waals surface area (Å²) in [5, 5.41) is 4.16. The number of nitrogens with one attached hydrogen (secondary N) is 3. The molecular formula is C24H31N5O2+2. The van der Waals surface area contributed by atoms with Crippen molar-refractivity contribution in [3.63, 3.8) is 0 Å². The van der Waals surface area contributed by atoms with Crippen LogP contribution in [0.5, 0.6) is 5.75 Å². The number of aromatic nitrogens is 1. The van der Waals surface area contributed by atoms with Crippen LogP contribution in [-0.2, 0) is 4.79 Å². The van der Waals surface area contributed by atoms with Gasteiger partial charge >= 0.3 is 0 Å². The van der Waals surface area contributed by atoms with Gasteiger partial charge in [-0.05, 0) is 24.3 Å². The molecule has 4 rings (SSSR count). The second-order valence-corrected chi connectivity index (χ2v) is 8.14. The summed E-state index contributed by atoms with van der Waals surface area (Å²) in [4.78, 5) is 21.9. The summed E-state index contributed by atoms with van der Waals surface area (Å²) >= 11 is 0. The first kappa shape index (κ1) is 20.9. The van der Waals surface area contributed by atoms with Gasteiger partial charge in [0.15, 0.2) is 6.54 Å². The molecule has 1 aliphatic heterocycles. The van der Waals surface area contributed by atoms with Gasteiger partial charge in [0.2, 0.25) is 0 Å². The summed E-state index contributed by atoms with van der Waals surface area (Å²) in [7, 11) is 5.67. The molecule has 0 aliphatic carbocycles. The van der Waals surface area contributed by atoms with Crippen LogP contribution in [0.15, 0.2) is 54.6 Å². The number of para-hydroxylation sites is 3. The SMILES string of the molecule is COc1ccccc1N1CC[NH+](CC(=O)Nc2cc(N(C)C)[nH+]c3ccccc23)CC1. The van der Waals surface area contributed by atoms with Gasteiger partial charge in [0.1, 0.15) is 11.3 Å². The first-order valence-electron chi connectivity index (χ1n) is 10.7. The fourth-order valence-corrected chi connectivity index (χ4v) is 4.11. The Morgan fingerprint density at radius 2 is 1.84 bits per heavy atom. The van der Waals surface area contributed by atoms with Crippen LogP contribution in [0, 0.1) is 0 Å². The third-order valence-electron chi connectivity index (χ3n) is 5.82. The van der Waals surface area contributed by atoms with Crippen LogP contribution in [0.25, 0.3) is 10.9 Å². The first-order chi connectivity index (χ1) is 15.0. The summed E-state index contributed by atoms with van der Waals surface area (Å²) < 4.78 is 5.50. The van der Waals surface area contributed by atoms with E-state index in [9.17, 15) is 4.79 Å². The molecule has 2 heterocycles. The Morgan fingerprint density at radius 3 is 2.58 bits per heavy atom. The second-order valence-electron chi connectivity index (χ2n) is 8.14. The highest BCUT2D eigenvalue weighted by molar-refractivity contribution is 6.01. The van der Waals surface area contributed by atoms with Gasteiger partial charge in [-0.3, -0.25) is 9.69 Å². The van der Waals surface area contributed by atoms with Crippen molar-refractivity contribution in [1.29, 1.82) is 0 Å². The molecule has 1 aliphatic rings. The van der Waals surface area contributed by atoms with E-state index in [1.165, 1.54) is 4.90 Å². The maximum atomic E-state index is 12.9. The highest BCUT2D eigenvalue weighted by Gasteiger charge is 2.24. The average molecular weight is 422 g/mol. The normalized spacial score (nSPS) is 14.5. The van der Waals surface area contributed by atoms with Crippen molar-refractivity contribution in [2.75, 3.05) is 69.0 Å². The van der Waals surface area contributed by atoms with E-state index < -0.39 is 0 Å². The molecule has 0 bridgehead atoms. The third kappa shape index (κ3) is 4.72. The zero-order chi connectivity index (χ0) is 21.8. The van der Waals surface area contributed by atoms with Crippen molar-refractivity contribution in [1.82, 2.24) is 0 Å². The molecule has 0 unspecified atom stereocenters. The highest BCUT2D eigenvalue weighted by atomic mass is 16.5. The maximum Gasteiger partial charge on any atom is 0.279 e. The summed E-state index contributed by atoms with van der Waals surface area (Å²) in [6.07, 6.45) is 0. The quantitative estimate of drug-likeness (QED) is 0.625. The van der Waals surface area contributed by atoms with Gasteiger partial charge < -0.3 is 19.9 Å². The standard InChI is InChI=1S/C24H29N5O2/c1-27(2)23-16-20(18-8-4-5-9-19(18)25-23)26-24(30)17-28-12-14-29(15-13-28)21-10-6-7-11-22(21)31-3/h4-11,16H,12-15,17H2,1-3H3,(H,25,26,30)/p+2. The van der Waals surface area contributed by atoms with E-state index in [0.29, 0.717) is 6.54 Å². The monoisotopic (exact) mass is 421 g/mol. The van der Waals surface area contributed by atoms with Crippen LogP contribution in [0.1, 0.15) is 0 Å². The van der Waals surface area contributed by atoms with Crippen LogP contribution >= 0.6 is 0 Å². The van der Waals surface area contributed by atoms with Crippen LogP contribution in [-0.4, -0.2) is 59.8 Å². The van der Waals surface area contributed by atoms with Gasteiger partial charge in [-0.15, -0.1) is 0 Å². The number of piperazine rings is 1. The summed E-state index contributed by atoms with van der Waals surface area (Å²) in [5.41, 5.74) is 2.97. The van der Waals surface area contributed by atoms with Gasteiger partial charge in [-0.25, -0.2) is 4.98 Å². The third-order valence-corrected chi connectivity index (χ3v) is 5.82. The number of nitrogens with zero attached hydrogens (tertiary/aromatic N) is 2. The molecule has 1 saturated heterocycles. The van der Waals surface area contributed by atoms with E-state index >= 15 is 0 Å². The van der Waals surface area contributed by atoms with E-state index in [2.05, 4.69) is 21.3 Å².